The van der Waals surface area contributed by atoms with Crippen LogP contribution in [0.1, 0.15) is 42.7 Å². The summed E-state index contributed by atoms with van der Waals surface area (Å²) in [7, 11) is 3.81. The molecule has 0 amide bonds. The molecule has 2 nitrogen and oxygen atoms in total. The SMILES string of the molecule is CNC1CCCCC1c1ccc(OC)cc1C. The first-order valence-corrected chi connectivity index (χ1v) is 6.58. The summed E-state index contributed by atoms with van der Waals surface area (Å²) in [5, 5.41) is 3.48. The van der Waals surface area contributed by atoms with E-state index in [0.717, 1.165) is 5.75 Å². The Labute approximate surface area is 104 Å². The van der Waals surface area contributed by atoms with Gasteiger partial charge in [-0.05, 0) is 56.0 Å². The molecule has 1 aliphatic carbocycles. The van der Waals surface area contributed by atoms with Gasteiger partial charge in [-0.2, -0.15) is 0 Å². The van der Waals surface area contributed by atoms with Crippen molar-refractivity contribution in [1.29, 1.82) is 0 Å². The van der Waals surface area contributed by atoms with Crippen LogP contribution in [-0.4, -0.2) is 20.2 Å². The third-order valence-corrected chi connectivity index (χ3v) is 4.01. The minimum Gasteiger partial charge on any atom is -0.497 e. The molecule has 2 heteroatoms. The number of hydrogen-bond acceptors (Lipinski definition) is 2. The van der Waals surface area contributed by atoms with Crippen LogP contribution in [0.4, 0.5) is 0 Å². The summed E-state index contributed by atoms with van der Waals surface area (Å²) in [5.41, 5.74) is 2.85. The third-order valence-electron chi connectivity index (χ3n) is 4.01. The molecule has 2 unspecified atom stereocenters. The molecule has 1 aliphatic rings. The van der Waals surface area contributed by atoms with Crippen LogP contribution < -0.4 is 10.1 Å². The van der Waals surface area contributed by atoms with Crippen LogP contribution in [0.5, 0.6) is 5.75 Å². The predicted octanol–water partition coefficient (Wildman–Crippen LogP) is 3.25. The Kier molecular flexibility index (Phi) is 4.06. The molecule has 2 rings (SSSR count). The van der Waals surface area contributed by atoms with Crippen molar-refractivity contribution >= 4 is 0 Å². The summed E-state index contributed by atoms with van der Waals surface area (Å²) in [6.45, 7) is 2.19. The Hall–Kier alpha value is -1.02. The smallest absolute Gasteiger partial charge is 0.119 e. The van der Waals surface area contributed by atoms with E-state index in [1.807, 2.05) is 0 Å². The van der Waals surface area contributed by atoms with Crippen molar-refractivity contribution in [1.82, 2.24) is 5.32 Å². The lowest BCUT2D eigenvalue weighted by molar-refractivity contribution is 0.343. The molecule has 0 aliphatic heterocycles. The van der Waals surface area contributed by atoms with E-state index in [2.05, 4.69) is 37.5 Å². The van der Waals surface area contributed by atoms with Gasteiger partial charge in [0.2, 0.25) is 0 Å². The number of ether oxygens (including phenoxy) is 1. The molecule has 2 atom stereocenters. The highest BCUT2D eigenvalue weighted by Crippen LogP contribution is 2.35. The monoisotopic (exact) mass is 233 g/mol. The molecule has 1 aromatic rings. The van der Waals surface area contributed by atoms with Gasteiger partial charge in [-0.3, -0.25) is 0 Å². The molecular weight excluding hydrogens is 210 g/mol. The molecule has 0 heterocycles. The minimum absolute atomic E-state index is 0.635. The van der Waals surface area contributed by atoms with Crippen LogP contribution in [0.15, 0.2) is 18.2 Å². The first-order chi connectivity index (χ1) is 8.26. The van der Waals surface area contributed by atoms with E-state index in [1.54, 1.807) is 7.11 Å². The molecule has 0 spiro atoms. The average Bonchev–Trinajstić information content (AvgIpc) is 2.38. The van der Waals surface area contributed by atoms with Crippen molar-refractivity contribution in [3.63, 3.8) is 0 Å². The maximum atomic E-state index is 5.27. The maximum absolute atomic E-state index is 5.27. The average molecular weight is 233 g/mol. The number of aryl methyl sites for hydroxylation is 1. The molecule has 94 valence electrons. The van der Waals surface area contributed by atoms with Gasteiger partial charge >= 0.3 is 0 Å². The van der Waals surface area contributed by atoms with Crippen molar-refractivity contribution in [3.05, 3.63) is 29.3 Å². The molecule has 1 fully saturated rings. The fourth-order valence-electron chi connectivity index (χ4n) is 3.04. The predicted molar refractivity (Wildman–Crippen MR) is 71.8 cm³/mol. The second kappa shape index (κ2) is 5.54. The lowest BCUT2D eigenvalue weighted by Crippen LogP contribution is -2.34. The van der Waals surface area contributed by atoms with E-state index in [-0.39, 0.29) is 0 Å². The van der Waals surface area contributed by atoms with Gasteiger partial charge in [0.05, 0.1) is 7.11 Å². The van der Waals surface area contributed by atoms with E-state index < -0.39 is 0 Å². The summed E-state index contributed by atoms with van der Waals surface area (Å²) in [6, 6.07) is 7.12. The molecule has 0 radical (unpaired) electrons. The summed E-state index contributed by atoms with van der Waals surface area (Å²) >= 11 is 0. The highest BCUT2D eigenvalue weighted by Gasteiger charge is 2.26. The lowest BCUT2D eigenvalue weighted by Gasteiger charge is -2.32. The Balaban J connectivity index is 2.25. The van der Waals surface area contributed by atoms with Gasteiger partial charge in [0.25, 0.3) is 0 Å². The van der Waals surface area contributed by atoms with Crippen molar-refractivity contribution in [3.8, 4) is 5.75 Å². The number of nitrogens with one attached hydrogen (secondary N) is 1. The van der Waals surface area contributed by atoms with Crippen LogP contribution in [0.25, 0.3) is 0 Å². The molecule has 0 bridgehead atoms. The number of hydrogen-bond donors (Lipinski definition) is 1. The number of methoxy groups -OCH3 is 1. The van der Waals surface area contributed by atoms with Crippen LogP contribution >= 0.6 is 0 Å². The van der Waals surface area contributed by atoms with E-state index in [4.69, 9.17) is 4.74 Å². The summed E-state index contributed by atoms with van der Waals surface area (Å²) < 4.78 is 5.27. The van der Waals surface area contributed by atoms with Crippen molar-refractivity contribution < 1.29 is 4.74 Å². The standard InChI is InChI=1S/C15H23NO/c1-11-10-12(17-3)8-9-13(11)14-6-4-5-7-15(14)16-2/h8-10,14-16H,4-7H2,1-3H3. The zero-order valence-corrected chi connectivity index (χ0v) is 11.1. The molecule has 1 N–H and O–H groups in total. The van der Waals surface area contributed by atoms with Crippen LogP contribution in [0.2, 0.25) is 0 Å². The lowest BCUT2D eigenvalue weighted by atomic mass is 9.78. The topological polar surface area (TPSA) is 21.3 Å². The van der Waals surface area contributed by atoms with Crippen molar-refractivity contribution in [2.24, 2.45) is 0 Å². The first-order valence-electron chi connectivity index (χ1n) is 6.58. The second-order valence-corrected chi connectivity index (χ2v) is 5.01. The van der Waals surface area contributed by atoms with Crippen molar-refractivity contribution in [2.45, 2.75) is 44.6 Å². The molecule has 1 saturated carbocycles. The van der Waals surface area contributed by atoms with E-state index in [9.17, 15) is 0 Å². The van der Waals surface area contributed by atoms with Gasteiger partial charge in [0.15, 0.2) is 0 Å². The Morgan fingerprint density at radius 2 is 2.00 bits per heavy atom. The van der Waals surface area contributed by atoms with Gasteiger partial charge in [0.1, 0.15) is 5.75 Å². The first kappa shape index (κ1) is 12.4. The summed E-state index contributed by atoms with van der Waals surface area (Å²) in [5.74, 6) is 1.63. The quantitative estimate of drug-likeness (QED) is 0.865. The van der Waals surface area contributed by atoms with E-state index in [1.165, 1.54) is 36.8 Å². The maximum Gasteiger partial charge on any atom is 0.119 e. The molecular formula is C15H23NO. The highest BCUT2D eigenvalue weighted by atomic mass is 16.5. The summed E-state index contributed by atoms with van der Waals surface area (Å²) in [4.78, 5) is 0. The van der Waals surface area contributed by atoms with Gasteiger partial charge in [-0.1, -0.05) is 18.9 Å². The molecule has 0 saturated heterocycles. The number of likely N-dealkylation sites (N-methyl/N-ethyl adjacent to an activating group) is 1. The normalized spacial score (nSPS) is 24.6. The molecule has 17 heavy (non-hydrogen) atoms. The van der Waals surface area contributed by atoms with Crippen LogP contribution in [0, 0.1) is 6.92 Å². The minimum atomic E-state index is 0.635. The Bertz CT molecular complexity index is 375. The van der Waals surface area contributed by atoms with E-state index in [0.29, 0.717) is 12.0 Å². The van der Waals surface area contributed by atoms with Gasteiger partial charge in [-0.25, -0.2) is 0 Å². The van der Waals surface area contributed by atoms with Crippen LogP contribution in [-0.2, 0) is 0 Å². The number of benzene rings is 1. The highest BCUT2D eigenvalue weighted by molar-refractivity contribution is 5.37. The van der Waals surface area contributed by atoms with Gasteiger partial charge in [-0.15, -0.1) is 0 Å². The zero-order valence-electron chi connectivity index (χ0n) is 11.1. The van der Waals surface area contributed by atoms with Crippen LogP contribution in [0.3, 0.4) is 0 Å². The fourth-order valence-corrected chi connectivity index (χ4v) is 3.04. The van der Waals surface area contributed by atoms with Gasteiger partial charge in [0, 0.05) is 6.04 Å². The van der Waals surface area contributed by atoms with E-state index >= 15 is 0 Å². The number of rotatable bonds is 3. The van der Waals surface area contributed by atoms with Gasteiger partial charge < -0.3 is 10.1 Å². The zero-order chi connectivity index (χ0) is 12.3. The largest absolute Gasteiger partial charge is 0.497 e. The van der Waals surface area contributed by atoms with Crippen molar-refractivity contribution in [2.75, 3.05) is 14.2 Å². The Morgan fingerprint density at radius 1 is 1.24 bits per heavy atom. The summed E-state index contributed by atoms with van der Waals surface area (Å²) in [6.07, 6.45) is 5.32. The third kappa shape index (κ3) is 2.63. The molecule has 0 aromatic heterocycles. The Morgan fingerprint density at radius 3 is 2.65 bits per heavy atom. The fraction of sp³-hybridized carbons (Fsp3) is 0.600. The second-order valence-electron chi connectivity index (χ2n) is 5.01. The molecule has 1 aromatic carbocycles.